The number of benzene rings is 1. The summed E-state index contributed by atoms with van der Waals surface area (Å²) < 4.78 is 0.796. The van der Waals surface area contributed by atoms with Crippen LogP contribution in [-0.2, 0) is 0 Å². The first-order chi connectivity index (χ1) is 10.1. The third kappa shape index (κ3) is 3.63. The van der Waals surface area contributed by atoms with E-state index in [0.29, 0.717) is 16.5 Å². The molecule has 1 N–H and O–H groups in total. The van der Waals surface area contributed by atoms with Crippen molar-refractivity contribution in [1.82, 2.24) is 10.3 Å². The quantitative estimate of drug-likeness (QED) is 0.873. The summed E-state index contributed by atoms with van der Waals surface area (Å²) in [6.45, 7) is 0. The number of halogens is 2. The van der Waals surface area contributed by atoms with Gasteiger partial charge in [0.05, 0.1) is 11.6 Å². The van der Waals surface area contributed by atoms with Crippen LogP contribution < -0.4 is 5.32 Å². The molecule has 108 valence electrons. The molecule has 2 aromatic rings. The Morgan fingerprint density at radius 1 is 1.29 bits per heavy atom. The summed E-state index contributed by atoms with van der Waals surface area (Å²) in [6.07, 6.45) is 5.52. The molecule has 0 unspecified atom stereocenters. The fourth-order valence-corrected chi connectivity index (χ4v) is 2.82. The van der Waals surface area contributed by atoms with Gasteiger partial charge in [-0.15, -0.1) is 0 Å². The van der Waals surface area contributed by atoms with Crippen LogP contribution in [0.2, 0.25) is 5.02 Å². The Bertz CT molecular complexity index is 656. The zero-order valence-electron chi connectivity index (χ0n) is 11.2. The van der Waals surface area contributed by atoms with Gasteiger partial charge in [-0.25, -0.2) is 0 Å². The second-order valence-electron chi connectivity index (χ2n) is 5.23. The van der Waals surface area contributed by atoms with Crippen LogP contribution in [-0.4, -0.2) is 10.9 Å². The van der Waals surface area contributed by atoms with Crippen molar-refractivity contribution in [2.45, 2.75) is 18.9 Å². The molecule has 1 fully saturated rings. The van der Waals surface area contributed by atoms with Crippen molar-refractivity contribution < 1.29 is 4.79 Å². The van der Waals surface area contributed by atoms with E-state index in [9.17, 15) is 4.79 Å². The lowest BCUT2D eigenvalue weighted by Crippen LogP contribution is -2.30. The highest BCUT2D eigenvalue weighted by atomic mass is 79.9. The Hall–Kier alpha value is -1.39. The SMILES string of the molecule is O=C(N[C@@H](c1ccc(Cl)cc1)C1CC1)c1cncc(Br)c1. The zero-order valence-corrected chi connectivity index (χ0v) is 13.6. The number of nitrogens with one attached hydrogen (secondary N) is 1. The second kappa shape index (κ2) is 6.16. The van der Waals surface area contributed by atoms with Gasteiger partial charge in [0.2, 0.25) is 0 Å². The van der Waals surface area contributed by atoms with E-state index in [2.05, 4.69) is 26.2 Å². The van der Waals surface area contributed by atoms with Crippen LogP contribution >= 0.6 is 27.5 Å². The van der Waals surface area contributed by atoms with Crippen molar-refractivity contribution in [3.05, 3.63) is 63.3 Å². The van der Waals surface area contributed by atoms with Crippen molar-refractivity contribution >= 4 is 33.4 Å². The van der Waals surface area contributed by atoms with Crippen LogP contribution in [0.4, 0.5) is 0 Å². The lowest BCUT2D eigenvalue weighted by atomic mass is 10.0. The summed E-state index contributed by atoms with van der Waals surface area (Å²) in [6, 6.07) is 9.48. The number of rotatable bonds is 4. The average Bonchev–Trinajstić information content (AvgIpc) is 3.30. The van der Waals surface area contributed by atoms with E-state index in [1.54, 1.807) is 18.5 Å². The standard InChI is InChI=1S/C16H14BrClN2O/c17-13-7-12(8-19-9-13)16(21)20-15(10-1-2-10)11-3-5-14(18)6-4-11/h3-10,15H,1-2H2,(H,20,21)/t15-/m1/s1. The normalized spacial score (nSPS) is 15.5. The first-order valence-electron chi connectivity index (χ1n) is 6.80. The minimum atomic E-state index is -0.101. The molecule has 0 bridgehead atoms. The van der Waals surface area contributed by atoms with E-state index in [-0.39, 0.29) is 11.9 Å². The van der Waals surface area contributed by atoms with Crippen LogP contribution in [0, 0.1) is 5.92 Å². The molecule has 1 aromatic heterocycles. The Balaban J connectivity index is 1.79. The second-order valence-corrected chi connectivity index (χ2v) is 6.58. The van der Waals surface area contributed by atoms with Crippen molar-refractivity contribution in [2.24, 2.45) is 5.92 Å². The predicted molar refractivity (Wildman–Crippen MR) is 86.3 cm³/mol. The first-order valence-corrected chi connectivity index (χ1v) is 7.97. The molecule has 0 spiro atoms. The smallest absolute Gasteiger partial charge is 0.253 e. The van der Waals surface area contributed by atoms with Crippen molar-refractivity contribution in [2.75, 3.05) is 0 Å². The molecule has 0 saturated heterocycles. The maximum absolute atomic E-state index is 12.4. The minimum Gasteiger partial charge on any atom is -0.345 e. The van der Waals surface area contributed by atoms with Gasteiger partial charge in [0, 0.05) is 21.9 Å². The van der Waals surface area contributed by atoms with Crippen LogP contribution in [0.15, 0.2) is 47.2 Å². The average molecular weight is 366 g/mol. The van der Waals surface area contributed by atoms with E-state index < -0.39 is 0 Å². The van der Waals surface area contributed by atoms with Gasteiger partial charge >= 0.3 is 0 Å². The molecular formula is C16H14BrClN2O. The number of carbonyl (C=O) groups excluding carboxylic acids is 1. The highest BCUT2D eigenvalue weighted by molar-refractivity contribution is 9.10. The zero-order chi connectivity index (χ0) is 14.8. The summed E-state index contributed by atoms with van der Waals surface area (Å²) in [4.78, 5) is 16.4. The number of nitrogens with zero attached hydrogens (tertiary/aromatic N) is 1. The van der Waals surface area contributed by atoms with Gasteiger partial charge in [0.25, 0.3) is 5.91 Å². The van der Waals surface area contributed by atoms with Crippen molar-refractivity contribution in [3.63, 3.8) is 0 Å². The summed E-state index contributed by atoms with van der Waals surface area (Å²) in [5, 5.41) is 3.82. The molecule has 1 aliphatic rings. The highest BCUT2D eigenvalue weighted by Crippen LogP contribution is 2.41. The van der Waals surface area contributed by atoms with Gasteiger partial charge in [-0.3, -0.25) is 9.78 Å². The van der Waals surface area contributed by atoms with E-state index in [1.165, 1.54) is 0 Å². The van der Waals surface area contributed by atoms with Gasteiger partial charge in [0.15, 0.2) is 0 Å². The molecule has 3 rings (SSSR count). The Labute approximate surface area is 136 Å². The number of pyridine rings is 1. The Morgan fingerprint density at radius 3 is 2.62 bits per heavy atom. The molecule has 3 nitrogen and oxygen atoms in total. The Morgan fingerprint density at radius 2 is 2.00 bits per heavy atom. The topological polar surface area (TPSA) is 42.0 Å². The molecule has 21 heavy (non-hydrogen) atoms. The van der Waals surface area contributed by atoms with E-state index >= 15 is 0 Å². The first kappa shape index (κ1) is 14.5. The monoisotopic (exact) mass is 364 g/mol. The fraction of sp³-hybridized carbons (Fsp3) is 0.250. The third-order valence-corrected chi connectivity index (χ3v) is 4.26. The van der Waals surface area contributed by atoms with E-state index in [1.807, 2.05) is 24.3 Å². The molecular weight excluding hydrogens is 352 g/mol. The van der Waals surface area contributed by atoms with Crippen LogP contribution in [0.5, 0.6) is 0 Å². The summed E-state index contributed by atoms with van der Waals surface area (Å²) in [7, 11) is 0. The third-order valence-electron chi connectivity index (χ3n) is 3.58. The molecule has 1 heterocycles. The lowest BCUT2D eigenvalue weighted by Gasteiger charge is -2.19. The summed E-state index contributed by atoms with van der Waals surface area (Å²) >= 11 is 9.26. The lowest BCUT2D eigenvalue weighted by molar-refractivity contribution is 0.0931. The number of aromatic nitrogens is 1. The molecule has 1 aromatic carbocycles. The minimum absolute atomic E-state index is 0.0359. The summed E-state index contributed by atoms with van der Waals surface area (Å²) in [5.74, 6) is 0.408. The van der Waals surface area contributed by atoms with Gasteiger partial charge < -0.3 is 5.32 Å². The Kier molecular flexibility index (Phi) is 4.27. The maximum atomic E-state index is 12.4. The molecule has 1 atom stereocenters. The van der Waals surface area contributed by atoms with E-state index in [0.717, 1.165) is 22.9 Å². The molecule has 1 amide bonds. The van der Waals surface area contributed by atoms with E-state index in [4.69, 9.17) is 11.6 Å². The van der Waals surface area contributed by atoms with Gasteiger partial charge in [-0.05, 0) is 58.5 Å². The maximum Gasteiger partial charge on any atom is 0.253 e. The van der Waals surface area contributed by atoms with Crippen LogP contribution in [0.3, 0.4) is 0 Å². The largest absolute Gasteiger partial charge is 0.345 e. The van der Waals surface area contributed by atoms with Gasteiger partial charge in [-0.1, -0.05) is 23.7 Å². The molecule has 0 aliphatic heterocycles. The van der Waals surface area contributed by atoms with Gasteiger partial charge in [0.1, 0.15) is 0 Å². The molecule has 1 aliphatic carbocycles. The number of hydrogen-bond donors (Lipinski definition) is 1. The van der Waals surface area contributed by atoms with Gasteiger partial charge in [-0.2, -0.15) is 0 Å². The molecule has 1 saturated carbocycles. The predicted octanol–water partition coefficient (Wildman–Crippen LogP) is 4.38. The van der Waals surface area contributed by atoms with Crippen molar-refractivity contribution in [3.8, 4) is 0 Å². The van der Waals surface area contributed by atoms with Crippen LogP contribution in [0.25, 0.3) is 0 Å². The number of hydrogen-bond acceptors (Lipinski definition) is 2. The fourth-order valence-electron chi connectivity index (χ4n) is 2.33. The highest BCUT2D eigenvalue weighted by Gasteiger charge is 2.33. The number of carbonyl (C=O) groups is 1. The van der Waals surface area contributed by atoms with Crippen molar-refractivity contribution in [1.29, 1.82) is 0 Å². The molecule has 5 heteroatoms. The summed E-state index contributed by atoms with van der Waals surface area (Å²) in [5.41, 5.74) is 1.65. The molecule has 0 radical (unpaired) electrons. The van der Waals surface area contributed by atoms with Crippen LogP contribution in [0.1, 0.15) is 34.8 Å². The number of amides is 1.